The smallest absolute Gasteiger partial charge is 0.262 e. The highest BCUT2D eigenvalue weighted by Crippen LogP contribution is 2.26. The fraction of sp³-hybridized carbons (Fsp3) is 0.348. The SMILES string of the molecule is CC(C)CC(NC(=O)c1ccc(Cl)cc1)C(=O)NN=Cc1ccc(OC(C)C)c(Br)c1. The first-order chi connectivity index (χ1) is 14.7. The summed E-state index contributed by atoms with van der Waals surface area (Å²) in [5, 5.41) is 7.35. The third-order valence-electron chi connectivity index (χ3n) is 4.14. The maximum atomic E-state index is 12.6. The summed E-state index contributed by atoms with van der Waals surface area (Å²) in [5.41, 5.74) is 3.74. The number of hydrazone groups is 1. The molecule has 0 radical (unpaired) electrons. The summed E-state index contributed by atoms with van der Waals surface area (Å²) in [4.78, 5) is 25.1. The second-order valence-corrected chi connectivity index (χ2v) is 9.04. The van der Waals surface area contributed by atoms with Gasteiger partial charge in [0.25, 0.3) is 11.8 Å². The number of ether oxygens (including phenoxy) is 1. The van der Waals surface area contributed by atoms with E-state index in [2.05, 4.69) is 31.8 Å². The molecule has 1 unspecified atom stereocenters. The van der Waals surface area contributed by atoms with E-state index in [0.717, 1.165) is 15.8 Å². The molecule has 2 aromatic rings. The van der Waals surface area contributed by atoms with Gasteiger partial charge >= 0.3 is 0 Å². The highest BCUT2D eigenvalue weighted by molar-refractivity contribution is 9.10. The van der Waals surface area contributed by atoms with Crippen LogP contribution in [0.25, 0.3) is 0 Å². The first kappa shape index (κ1) is 24.9. The Kier molecular flexibility index (Phi) is 9.52. The van der Waals surface area contributed by atoms with Crippen LogP contribution in [0.1, 0.15) is 50.0 Å². The Morgan fingerprint density at radius 2 is 1.81 bits per heavy atom. The average Bonchev–Trinajstić information content (AvgIpc) is 2.69. The monoisotopic (exact) mass is 507 g/mol. The Morgan fingerprint density at radius 3 is 2.39 bits per heavy atom. The van der Waals surface area contributed by atoms with Gasteiger partial charge in [-0.2, -0.15) is 5.10 Å². The lowest BCUT2D eigenvalue weighted by molar-refractivity contribution is -0.123. The molecule has 31 heavy (non-hydrogen) atoms. The van der Waals surface area contributed by atoms with Crippen LogP contribution in [0.2, 0.25) is 5.02 Å². The predicted molar refractivity (Wildman–Crippen MR) is 128 cm³/mol. The van der Waals surface area contributed by atoms with Crippen LogP contribution in [0, 0.1) is 5.92 Å². The van der Waals surface area contributed by atoms with Crippen LogP contribution in [0.15, 0.2) is 52.0 Å². The van der Waals surface area contributed by atoms with E-state index in [1.54, 1.807) is 24.3 Å². The zero-order valence-corrected chi connectivity index (χ0v) is 20.3. The Morgan fingerprint density at radius 1 is 1.13 bits per heavy atom. The molecule has 0 aliphatic rings. The van der Waals surface area contributed by atoms with Crippen LogP contribution >= 0.6 is 27.5 Å². The largest absolute Gasteiger partial charge is 0.490 e. The van der Waals surface area contributed by atoms with E-state index < -0.39 is 6.04 Å². The second kappa shape index (κ2) is 11.9. The molecule has 6 nitrogen and oxygen atoms in total. The number of nitrogens with one attached hydrogen (secondary N) is 2. The molecule has 0 heterocycles. The summed E-state index contributed by atoms with van der Waals surface area (Å²) < 4.78 is 6.48. The van der Waals surface area contributed by atoms with E-state index in [9.17, 15) is 9.59 Å². The van der Waals surface area contributed by atoms with E-state index in [1.165, 1.54) is 6.21 Å². The first-order valence-electron chi connectivity index (χ1n) is 10.0. The average molecular weight is 509 g/mol. The number of carbonyl (C=O) groups excluding carboxylic acids is 2. The van der Waals surface area contributed by atoms with Gasteiger partial charge in [0.2, 0.25) is 0 Å². The third-order valence-corrected chi connectivity index (χ3v) is 5.01. The van der Waals surface area contributed by atoms with Crippen LogP contribution in [-0.4, -0.2) is 30.2 Å². The fourth-order valence-electron chi connectivity index (χ4n) is 2.74. The number of benzene rings is 2. The molecule has 166 valence electrons. The van der Waals surface area contributed by atoms with Crippen molar-refractivity contribution in [1.82, 2.24) is 10.7 Å². The molecule has 0 fully saturated rings. The molecular formula is C23H27BrClN3O3. The van der Waals surface area contributed by atoms with E-state index in [-0.39, 0.29) is 23.8 Å². The van der Waals surface area contributed by atoms with Gasteiger partial charge < -0.3 is 10.1 Å². The molecule has 0 spiro atoms. The molecule has 2 amide bonds. The summed E-state index contributed by atoms with van der Waals surface area (Å²) >= 11 is 9.34. The van der Waals surface area contributed by atoms with E-state index in [4.69, 9.17) is 16.3 Å². The number of nitrogens with zero attached hydrogens (tertiary/aromatic N) is 1. The van der Waals surface area contributed by atoms with Crippen LogP contribution < -0.4 is 15.5 Å². The molecule has 0 aliphatic heterocycles. The Bertz CT molecular complexity index is 930. The van der Waals surface area contributed by atoms with Gasteiger partial charge in [0.05, 0.1) is 16.8 Å². The second-order valence-electron chi connectivity index (χ2n) is 7.75. The normalized spacial score (nSPS) is 12.3. The fourth-order valence-corrected chi connectivity index (χ4v) is 3.36. The van der Waals surface area contributed by atoms with Gasteiger partial charge in [-0.1, -0.05) is 25.4 Å². The quantitative estimate of drug-likeness (QED) is 0.362. The number of halogens is 2. The molecule has 2 N–H and O–H groups in total. The van der Waals surface area contributed by atoms with Gasteiger partial charge in [-0.05, 0) is 90.1 Å². The molecule has 1 atom stereocenters. The number of hydrogen-bond acceptors (Lipinski definition) is 4. The highest BCUT2D eigenvalue weighted by atomic mass is 79.9. The van der Waals surface area contributed by atoms with Crippen molar-refractivity contribution in [2.75, 3.05) is 0 Å². The lowest BCUT2D eigenvalue weighted by Gasteiger charge is -2.19. The van der Waals surface area contributed by atoms with Gasteiger partial charge in [0.1, 0.15) is 11.8 Å². The molecule has 0 bridgehead atoms. The summed E-state index contributed by atoms with van der Waals surface area (Å²) in [6, 6.07) is 11.3. The van der Waals surface area contributed by atoms with Crippen molar-refractivity contribution in [3.8, 4) is 5.75 Å². The standard InChI is InChI=1S/C23H27BrClN3O3/c1-14(2)11-20(27-22(29)17-6-8-18(25)9-7-17)23(30)28-26-13-16-5-10-21(19(24)12-16)31-15(3)4/h5-10,12-15,20H,11H2,1-4H3,(H,27,29)(H,28,30). The minimum atomic E-state index is -0.714. The van der Waals surface area contributed by atoms with E-state index in [0.29, 0.717) is 17.0 Å². The van der Waals surface area contributed by atoms with Gasteiger partial charge in [-0.15, -0.1) is 0 Å². The highest BCUT2D eigenvalue weighted by Gasteiger charge is 2.22. The van der Waals surface area contributed by atoms with Crippen LogP contribution in [0.5, 0.6) is 5.75 Å². The molecule has 2 rings (SSSR count). The molecule has 0 saturated carbocycles. The summed E-state index contributed by atoms with van der Waals surface area (Å²) in [7, 11) is 0. The van der Waals surface area contributed by atoms with Gasteiger partial charge in [-0.3, -0.25) is 9.59 Å². The number of carbonyl (C=O) groups is 2. The summed E-state index contributed by atoms with van der Waals surface area (Å²) in [6.07, 6.45) is 2.08. The van der Waals surface area contributed by atoms with E-state index >= 15 is 0 Å². The molecular weight excluding hydrogens is 482 g/mol. The molecule has 0 saturated heterocycles. The lowest BCUT2D eigenvalue weighted by Crippen LogP contribution is -2.46. The number of rotatable bonds is 9. The molecule has 0 aliphatic carbocycles. The van der Waals surface area contributed by atoms with Crippen LogP contribution in [0.4, 0.5) is 0 Å². The predicted octanol–water partition coefficient (Wildman–Crippen LogP) is 5.18. The topological polar surface area (TPSA) is 79.8 Å². The van der Waals surface area contributed by atoms with Crippen LogP contribution in [-0.2, 0) is 4.79 Å². The number of amides is 2. The zero-order valence-electron chi connectivity index (χ0n) is 18.0. The van der Waals surface area contributed by atoms with Crippen molar-refractivity contribution < 1.29 is 14.3 Å². The first-order valence-corrected chi connectivity index (χ1v) is 11.2. The van der Waals surface area contributed by atoms with Crippen molar-refractivity contribution in [2.45, 2.75) is 46.3 Å². The lowest BCUT2D eigenvalue weighted by atomic mass is 10.0. The van der Waals surface area contributed by atoms with Gasteiger partial charge in [0.15, 0.2) is 0 Å². The molecule has 0 aromatic heterocycles. The molecule has 8 heteroatoms. The van der Waals surface area contributed by atoms with Gasteiger partial charge in [0, 0.05) is 10.6 Å². The third kappa shape index (κ3) is 8.34. The van der Waals surface area contributed by atoms with Crippen molar-refractivity contribution in [3.63, 3.8) is 0 Å². The van der Waals surface area contributed by atoms with Crippen molar-refractivity contribution in [3.05, 3.63) is 63.1 Å². The maximum absolute atomic E-state index is 12.6. The maximum Gasteiger partial charge on any atom is 0.262 e. The molecule has 2 aromatic carbocycles. The minimum absolute atomic E-state index is 0.0658. The summed E-state index contributed by atoms with van der Waals surface area (Å²) in [5.74, 6) is 0.213. The van der Waals surface area contributed by atoms with Gasteiger partial charge in [-0.25, -0.2) is 5.43 Å². The van der Waals surface area contributed by atoms with E-state index in [1.807, 2.05) is 45.9 Å². The minimum Gasteiger partial charge on any atom is -0.490 e. The number of hydrogen-bond donors (Lipinski definition) is 2. The van der Waals surface area contributed by atoms with Crippen LogP contribution in [0.3, 0.4) is 0 Å². The Labute approximate surface area is 196 Å². The van der Waals surface area contributed by atoms with Crippen molar-refractivity contribution in [1.29, 1.82) is 0 Å². The summed E-state index contributed by atoms with van der Waals surface area (Å²) in [6.45, 7) is 7.87. The Balaban J connectivity index is 2.02. The zero-order chi connectivity index (χ0) is 23.0. The van der Waals surface area contributed by atoms with Crippen molar-refractivity contribution >= 4 is 45.6 Å². The van der Waals surface area contributed by atoms with Crippen molar-refractivity contribution in [2.24, 2.45) is 11.0 Å². The Hall–Kier alpha value is -2.38.